The second-order valence-electron chi connectivity index (χ2n) is 5.76. The van der Waals surface area contributed by atoms with Crippen LogP contribution < -0.4 is 15.8 Å². The summed E-state index contributed by atoms with van der Waals surface area (Å²) in [6.07, 6.45) is 1.38. The Morgan fingerprint density at radius 2 is 2.05 bits per heavy atom. The third-order valence-electron chi connectivity index (χ3n) is 3.97. The van der Waals surface area contributed by atoms with Crippen molar-refractivity contribution in [1.82, 2.24) is 9.80 Å². The van der Waals surface area contributed by atoms with Crippen molar-refractivity contribution in [3.63, 3.8) is 0 Å². The molecule has 1 heterocycles. The van der Waals surface area contributed by atoms with Crippen molar-refractivity contribution in [2.75, 3.05) is 57.9 Å². The zero-order valence-corrected chi connectivity index (χ0v) is 13.5. The number of nitrogens with zero attached hydrogens (tertiary/aromatic N) is 2. The Hall–Kier alpha value is -1.79. The summed E-state index contributed by atoms with van der Waals surface area (Å²) in [7, 11) is 3.71. The van der Waals surface area contributed by atoms with Gasteiger partial charge in [0.05, 0.1) is 12.8 Å². The van der Waals surface area contributed by atoms with Gasteiger partial charge in [-0.05, 0) is 32.1 Å². The first-order valence-corrected chi connectivity index (χ1v) is 7.73. The van der Waals surface area contributed by atoms with Gasteiger partial charge in [0.25, 0.3) is 0 Å². The lowest BCUT2D eigenvalue weighted by atomic mass is 10.2. The number of hydrogen-bond acceptors (Lipinski definition) is 5. The summed E-state index contributed by atoms with van der Waals surface area (Å²) in [4.78, 5) is 16.8. The number of methoxy groups -OCH3 is 1. The summed E-state index contributed by atoms with van der Waals surface area (Å²) in [5.41, 5.74) is 6.99. The van der Waals surface area contributed by atoms with E-state index in [9.17, 15) is 4.79 Å². The molecule has 1 fully saturated rings. The minimum absolute atomic E-state index is 0.0113. The van der Waals surface area contributed by atoms with Crippen molar-refractivity contribution < 1.29 is 9.53 Å². The lowest BCUT2D eigenvalue weighted by Gasteiger charge is -2.32. The summed E-state index contributed by atoms with van der Waals surface area (Å²) in [6, 6.07) is 5.23. The zero-order valence-electron chi connectivity index (χ0n) is 13.5. The summed E-state index contributed by atoms with van der Waals surface area (Å²) in [6.45, 7) is 5.36. The SMILES string of the molecule is COc1cc(N)ccc1NC(=O)CCCN1CCN(C)CC1. The molecule has 122 valence electrons. The summed E-state index contributed by atoms with van der Waals surface area (Å²) in [5, 5.41) is 2.89. The number of amides is 1. The highest BCUT2D eigenvalue weighted by Gasteiger charge is 2.14. The Balaban J connectivity index is 1.74. The van der Waals surface area contributed by atoms with Gasteiger partial charge in [0.1, 0.15) is 5.75 Å². The molecule has 0 aromatic heterocycles. The minimum Gasteiger partial charge on any atom is -0.494 e. The Kier molecular flexibility index (Phi) is 6.03. The van der Waals surface area contributed by atoms with Crippen molar-refractivity contribution in [1.29, 1.82) is 0 Å². The fourth-order valence-corrected chi connectivity index (χ4v) is 2.56. The number of benzene rings is 1. The van der Waals surface area contributed by atoms with Crippen LogP contribution in [0.15, 0.2) is 18.2 Å². The van der Waals surface area contributed by atoms with Gasteiger partial charge in [0, 0.05) is 44.4 Å². The number of likely N-dealkylation sites (N-methyl/N-ethyl adjacent to an activating group) is 1. The summed E-state index contributed by atoms with van der Waals surface area (Å²) < 4.78 is 5.23. The smallest absolute Gasteiger partial charge is 0.224 e. The van der Waals surface area contributed by atoms with Gasteiger partial charge < -0.3 is 25.6 Å². The number of carbonyl (C=O) groups excluding carboxylic acids is 1. The van der Waals surface area contributed by atoms with Crippen LogP contribution in [0.3, 0.4) is 0 Å². The van der Waals surface area contributed by atoms with E-state index in [4.69, 9.17) is 10.5 Å². The van der Waals surface area contributed by atoms with Crippen LogP contribution in [-0.4, -0.2) is 62.6 Å². The van der Waals surface area contributed by atoms with Crippen molar-refractivity contribution in [3.05, 3.63) is 18.2 Å². The molecule has 1 aliphatic rings. The monoisotopic (exact) mass is 306 g/mol. The third kappa shape index (κ3) is 4.89. The average Bonchev–Trinajstić information content (AvgIpc) is 2.51. The molecule has 0 unspecified atom stereocenters. The second-order valence-corrected chi connectivity index (χ2v) is 5.76. The van der Waals surface area contributed by atoms with Crippen LogP contribution in [-0.2, 0) is 4.79 Å². The predicted octanol–water partition coefficient (Wildman–Crippen LogP) is 1.24. The van der Waals surface area contributed by atoms with E-state index in [1.807, 2.05) is 0 Å². The van der Waals surface area contributed by atoms with Crippen LogP contribution in [0.25, 0.3) is 0 Å². The molecule has 1 aromatic carbocycles. The molecule has 1 aliphatic heterocycles. The Morgan fingerprint density at radius 1 is 1.32 bits per heavy atom. The van der Waals surface area contributed by atoms with Gasteiger partial charge in [-0.25, -0.2) is 0 Å². The van der Waals surface area contributed by atoms with Crippen molar-refractivity contribution in [2.45, 2.75) is 12.8 Å². The van der Waals surface area contributed by atoms with Crippen LogP contribution in [0.5, 0.6) is 5.75 Å². The number of piperazine rings is 1. The molecule has 0 radical (unpaired) electrons. The van der Waals surface area contributed by atoms with E-state index < -0.39 is 0 Å². The topological polar surface area (TPSA) is 70.8 Å². The van der Waals surface area contributed by atoms with Gasteiger partial charge in [-0.15, -0.1) is 0 Å². The van der Waals surface area contributed by atoms with E-state index in [0.717, 1.165) is 39.1 Å². The number of rotatable bonds is 6. The molecule has 1 saturated heterocycles. The summed E-state index contributed by atoms with van der Waals surface area (Å²) >= 11 is 0. The van der Waals surface area contributed by atoms with Crippen molar-refractivity contribution >= 4 is 17.3 Å². The first-order valence-electron chi connectivity index (χ1n) is 7.73. The van der Waals surface area contributed by atoms with Crippen LogP contribution in [0.4, 0.5) is 11.4 Å². The highest BCUT2D eigenvalue weighted by molar-refractivity contribution is 5.92. The normalized spacial score (nSPS) is 16.5. The van der Waals surface area contributed by atoms with E-state index in [0.29, 0.717) is 23.5 Å². The van der Waals surface area contributed by atoms with Gasteiger partial charge in [-0.1, -0.05) is 0 Å². The average molecular weight is 306 g/mol. The summed E-state index contributed by atoms with van der Waals surface area (Å²) in [5.74, 6) is 0.601. The number of nitrogens with one attached hydrogen (secondary N) is 1. The predicted molar refractivity (Wildman–Crippen MR) is 89.2 cm³/mol. The maximum absolute atomic E-state index is 12.0. The maximum atomic E-state index is 12.0. The van der Waals surface area contributed by atoms with E-state index in [-0.39, 0.29) is 5.91 Å². The first-order chi connectivity index (χ1) is 10.6. The van der Waals surface area contributed by atoms with Crippen molar-refractivity contribution in [2.24, 2.45) is 0 Å². The molecule has 0 spiro atoms. The molecule has 0 saturated carbocycles. The molecule has 22 heavy (non-hydrogen) atoms. The van der Waals surface area contributed by atoms with Crippen LogP contribution in [0, 0.1) is 0 Å². The molecule has 3 N–H and O–H groups in total. The number of nitrogen functional groups attached to an aromatic ring is 1. The van der Waals surface area contributed by atoms with E-state index >= 15 is 0 Å². The number of nitrogens with two attached hydrogens (primary N) is 1. The van der Waals surface area contributed by atoms with Gasteiger partial charge in [0.2, 0.25) is 5.91 Å². The van der Waals surface area contributed by atoms with Crippen molar-refractivity contribution in [3.8, 4) is 5.75 Å². The van der Waals surface area contributed by atoms with E-state index in [2.05, 4.69) is 22.2 Å². The molecule has 1 amide bonds. The fraction of sp³-hybridized carbons (Fsp3) is 0.562. The Labute approximate surface area is 132 Å². The lowest BCUT2D eigenvalue weighted by molar-refractivity contribution is -0.116. The molecular formula is C16H26N4O2. The van der Waals surface area contributed by atoms with Gasteiger partial charge in [-0.3, -0.25) is 4.79 Å². The maximum Gasteiger partial charge on any atom is 0.224 e. The van der Waals surface area contributed by atoms with Crippen LogP contribution >= 0.6 is 0 Å². The third-order valence-corrected chi connectivity index (χ3v) is 3.97. The Bertz CT molecular complexity index is 499. The molecule has 6 nitrogen and oxygen atoms in total. The standard InChI is InChI=1S/C16H26N4O2/c1-19-8-10-20(11-9-19)7-3-4-16(21)18-14-6-5-13(17)12-15(14)22-2/h5-6,12H,3-4,7-11,17H2,1-2H3,(H,18,21). The van der Waals surface area contributed by atoms with E-state index in [1.54, 1.807) is 25.3 Å². The zero-order chi connectivity index (χ0) is 15.9. The molecular weight excluding hydrogens is 280 g/mol. The molecule has 6 heteroatoms. The number of hydrogen-bond donors (Lipinski definition) is 2. The van der Waals surface area contributed by atoms with Gasteiger partial charge >= 0.3 is 0 Å². The lowest BCUT2D eigenvalue weighted by Crippen LogP contribution is -2.44. The van der Waals surface area contributed by atoms with Gasteiger partial charge in [0.15, 0.2) is 0 Å². The quantitative estimate of drug-likeness (QED) is 0.774. The minimum atomic E-state index is 0.0113. The molecule has 0 bridgehead atoms. The second kappa shape index (κ2) is 8.00. The molecule has 0 atom stereocenters. The molecule has 1 aromatic rings. The highest BCUT2D eigenvalue weighted by Crippen LogP contribution is 2.26. The number of carbonyl (C=O) groups is 1. The highest BCUT2D eigenvalue weighted by atomic mass is 16.5. The number of anilines is 2. The van der Waals surface area contributed by atoms with Gasteiger partial charge in [-0.2, -0.15) is 0 Å². The van der Waals surface area contributed by atoms with Crippen LogP contribution in [0.2, 0.25) is 0 Å². The first kappa shape index (κ1) is 16.6. The Morgan fingerprint density at radius 3 is 2.73 bits per heavy atom. The largest absolute Gasteiger partial charge is 0.494 e. The van der Waals surface area contributed by atoms with E-state index in [1.165, 1.54) is 0 Å². The van der Waals surface area contributed by atoms with Crippen LogP contribution in [0.1, 0.15) is 12.8 Å². The number of ether oxygens (including phenoxy) is 1. The molecule has 2 rings (SSSR count). The molecule has 0 aliphatic carbocycles. The fourth-order valence-electron chi connectivity index (χ4n) is 2.56.